The first kappa shape index (κ1) is 10.1. The van der Waals surface area contributed by atoms with Crippen LogP contribution in [0.2, 0.25) is 5.02 Å². The van der Waals surface area contributed by atoms with E-state index in [9.17, 15) is 17.6 Å². The molecule has 0 heterocycles. The molecule has 0 saturated carbocycles. The number of benzene rings is 1. The SMILES string of the molecule is Oc1ccc(F)c(Cl)c1C(F)(F)F. The van der Waals surface area contributed by atoms with Crippen LogP contribution < -0.4 is 0 Å². The predicted octanol–water partition coefficient (Wildman–Crippen LogP) is 3.20. The van der Waals surface area contributed by atoms with E-state index in [0.29, 0.717) is 12.1 Å². The molecule has 0 aromatic heterocycles. The lowest BCUT2D eigenvalue weighted by Crippen LogP contribution is -2.07. The second kappa shape index (κ2) is 3.06. The van der Waals surface area contributed by atoms with Crippen LogP contribution in [0.5, 0.6) is 5.75 Å². The Balaban J connectivity index is 3.43. The summed E-state index contributed by atoms with van der Waals surface area (Å²) in [6, 6.07) is 1.26. The molecule has 0 aliphatic rings. The zero-order valence-corrected chi connectivity index (χ0v) is 6.75. The van der Waals surface area contributed by atoms with Crippen LogP contribution in [0.15, 0.2) is 12.1 Å². The van der Waals surface area contributed by atoms with Gasteiger partial charge >= 0.3 is 6.18 Å². The Kier molecular flexibility index (Phi) is 2.38. The van der Waals surface area contributed by atoms with Crippen LogP contribution in [0.3, 0.4) is 0 Å². The highest BCUT2D eigenvalue weighted by atomic mass is 35.5. The fourth-order valence-electron chi connectivity index (χ4n) is 0.810. The number of phenolic OH excluding ortho intramolecular Hbond substituents is 1. The van der Waals surface area contributed by atoms with Gasteiger partial charge in [-0.2, -0.15) is 13.2 Å². The molecule has 0 aliphatic carbocycles. The Morgan fingerprint density at radius 2 is 1.77 bits per heavy atom. The topological polar surface area (TPSA) is 20.2 Å². The number of hydrogen-bond acceptors (Lipinski definition) is 1. The summed E-state index contributed by atoms with van der Waals surface area (Å²) in [5, 5.41) is 7.66. The highest BCUT2D eigenvalue weighted by molar-refractivity contribution is 6.31. The van der Waals surface area contributed by atoms with Crippen LogP contribution in [0, 0.1) is 5.82 Å². The van der Waals surface area contributed by atoms with Crippen molar-refractivity contribution in [3.05, 3.63) is 28.5 Å². The summed E-state index contributed by atoms with van der Waals surface area (Å²) in [5.41, 5.74) is -1.55. The Bertz CT molecular complexity index is 334. The van der Waals surface area contributed by atoms with Gasteiger partial charge in [0.15, 0.2) is 0 Å². The first-order valence-corrected chi connectivity index (χ1v) is 3.46. The van der Waals surface area contributed by atoms with E-state index in [-0.39, 0.29) is 0 Å². The van der Waals surface area contributed by atoms with Gasteiger partial charge in [-0.05, 0) is 12.1 Å². The number of phenols is 1. The molecule has 1 nitrogen and oxygen atoms in total. The molecule has 1 rings (SSSR count). The second-order valence-corrected chi connectivity index (χ2v) is 2.63. The van der Waals surface area contributed by atoms with E-state index in [1.165, 1.54) is 0 Å². The molecular weight excluding hydrogens is 212 g/mol. The fraction of sp³-hybridized carbons (Fsp3) is 0.143. The smallest absolute Gasteiger partial charge is 0.421 e. The molecular formula is C7H3ClF4O. The zero-order chi connectivity index (χ0) is 10.2. The van der Waals surface area contributed by atoms with Gasteiger partial charge in [-0.1, -0.05) is 11.6 Å². The minimum absolute atomic E-state index is 0.601. The van der Waals surface area contributed by atoms with E-state index in [2.05, 4.69) is 0 Å². The van der Waals surface area contributed by atoms with Crippen LogP contribution in [-0.4, -0.2) is 5.11 Å². The normalized spacial score (nSPS) is 11.8. The van der Waals surface area contributed by atoms with Crippen molar-refractivity contribution < 1.29 is 22.7 Å². The number of rotatable bonds is 0. The van der Waals surface area contributed by atoms with E-state index in [1.54, 1.807) is 0 Å². The van der Waals surface area contributed by atoms with Gasteiger partial charge in [-0.3, -0.25) is 0 Å². The highest BCUT2D eigenvalue weighted by Gasteiger charge is 2.37. The van der Waals surface area contributed by atoms with Crippen LogP contribution in [-0.2, 0) is 6.18 Å². The van der Waals surface area contributed by atoms with Crippen molar-refractivity contribution in [1.29, 1.82) is 0 Å². The first-order chi connectivity index (χ1) is 5.84. The van der Waals surface area contributed by atoms with Crippen LogP contribution >= 0.6 is 11.6 Å². The van der Waals surface area contributed by atoms with Gasteiger partial charge in [-0.15, -0.1) is 0 Å². The number of alkyl halides is 3. The summed E-state index contributed by atoms with van der Waals surface area (Å²) >= 11 is 5.03. The minimum Gasteiger partial charge on any atom is -0.507 e. The van der Waals surface area contributed by atoms with Crippen molar-refractivity contribution in [1.82, 2.24) is 0 Å². The molecule has 6 heteroatoms. The largest absolute Gasteiger partial charge is 0.507 e. The predicted molar refractivity (Wildman–Crippen MR) is 38.1 cm³/mol. The number of hydrogen-bond donors (Lipinski definition) is 1. The quantitative estimate of drug-likeness (QED) is 0.658. The van der Waals surface area contributed by atoms with Gasteiger partial charge in [0.25, 0.3) is 0 Å². The average Bonchev–Trinajstić information content (AvgIpc) is 1.95. The van der Waals surface area contributed by atoms with Crippen molar-refractivity contribution in [3.8, 4) is 5.75 Å². The summed E-state index contributed by atoms with van der Waals surface area (Å²) in [6.07, 6.45) is -4.86. The maximum absolute atomic E-state index is 12.5. The van der Waals surface area contributed by atoms with Crippen LogP contribution in [0.4, 0.5) is 17.6 Å². The highest BCUT2D eigenvalue weighted by Crippen LogP contribution is 2.41. The van der Waals surface area contributed by atoms with Crippen molar-refractivity contribution >= 4 is 11.6 Å². The summed E-state index contributed by atoms with van der Waals surface area (Å²) in [4.78, 5) is 0. The lowest BCUT2D eigenvalue weighted by molar-refractivity contribution is -0.138. The maximum Gasteiger partial charge on any atom is 0.421 e. The van der Waals surface area contributed by atoms with Crippen molar-refractivity contribution in [2.45, 2.75) is 6.18 Å². The van der Waals surface area contributed by atoms with E-state index < -0.39 is 28.3 Å². The average molecular weight is 215 g/mol. The monoisotopic (exact) mass is 214 g/mol. The Labute approximate surface area is 75.6 Å². The van der Waals surface area contributed by atoms with Gasteiger partial charge in [0, 0.05) is 0 Å². The molecule has 0 atom stereocenters. The molecule has 0 aliphatic heterocycles. The van der Waals surface area contributed by atoms with E-state index in [1.807, 2.05) is 0 Å². The zero-order valence-electron chi connectivity index (χ0n) is 5.99. The fourth-order valence-corrected chi connectivity index (χ4v) is 1.08. The van der Waals surface area contributed by atoms with Gasteiger partial charge in [0.1, 0.15) is 17.1 Å². The molecule has 0 spiro atoms. The summed E-state index contributed by atoms with van der Waals surface area (Å²) in [6.45, 7) is 0. The Hall–Kier alpha value is -0.970. The van der Waals surface area contributed by atoms with Crippen molar-refractivity contribution in [2.24, 2.45) is 0 Å². The van der Waals surface area contributed by atoms with Crippen molar-refractivity contribution in [2.75, 3.05) is 0 Å². The lowest BCUT2D eigenvalue weighted by Gasteiger charge is -2.10. The van der Waals surface area contributed by atoms with E-state index >= 15 is 0 Å². The van der Waals surface area contributed by atoms with Crippen LogP contribution in [0.1, 0.15) is 5.56 Å². The third kappa shape index (κ3) is 1.85. The summed E-state index contributed by atoms with van der Waals surface area (Å²) in [7, 11) is 0. The Morgan fingerprint density at radius 1 is 1.23 bits per heavy atom. The minimum atomic E-state index is -4.86. The first-order valence-electron chi connectivity index (χ1n) is 3.08. The third-order valence-corrected chi connectivity index (χ3v) is 1.73. The number of aromatic hydroxyl groups is 1. The molecule has 1 aromatic carbocycles. The van der Waals surface area contributed by atoms with Gasteiger partial charge in [0.2, 0.25) is 0 Å². The molecule has 1 aromatic rings. The lowest BCUT2D eigenvalue weighted by atomic mass is 10.2. The third-order valence-electron chi connectivity index (χ3n) is 1.36. The van der Waals surface area contributed by atoms with Gasteiger partial charge in [-0.25, -0.2) is 4.39 Å². The molecule has 0 amide bonds. The molecule has 0 unspecified atom stereocenters. The summed E-state index contributed by atoms with van der Waals surface area (Å²) in [5.74, 6) is -2.30. The second-order valence-electron chi connectivity index (χ2n) is 2.25. The maximum atomic E-state index is 12.5. The summed E-state index contributed by atoms with van der Waals surface area (Å²) < 4.78 is 48.8. The molecule has 0 saturated heterocycles. The van der Waals surface area contributed by atoms with Gasteiger partial charge < -0.3 is 5.11 Å². The number of halogens is 5. The molecule has 0 bridgehead atoms. The van der Waals surface area contributed by atoms with Gasteiger partial charge in [0.05, 0.1) is 5.02 Å². The van der Waals surface area contributed by atoms with E-state index in [0.717, 1.165) is 0 Å². The Morgan fingerprint density at radius 3 is 2.15 bits per heavy atom. The molecule has 0 fully saturated rings. The van der Waals surface area contributed by atoms with Crippen molar-refractivity contribution in [3.63, 3.8) is 0 Å². The molecule has 13 heavy (non-hydrogen) atoms. The molecule has 72 valence electrons. The van der Waals surface area contributed by atoms with E-state index in [4.69, 9.17) is 16.7 Å². The molecule has 0 radical (unpaired) electrons. The molecule has 1 N–H and O–H groups in total. The standard InChI is InChI=1S/C7H3ClF4O/c8-6-3(9)1-2-4(13)5(6)7(10,11)12/h1-2,13H. The van der Waals surface area contributed by atoms with Crippen LogP contribution in [0.25, 0.3) is 0 Å².